The predicted molar refractivity (Wildman–Crippen MR) is 130 cm³/mol. The summed E-state index contributed by atoms with van der Waals surface area (Å²) in [5.41, 5.74) is 1.07. The normalized spacial score (nSPS) is 25.5. The van der Waals surface area contributed by atoms with Crippen molar-refractivity contribution in [2.24, 2.45) is 23.7 Å². The summed E-state index contributed by atoms with van der Waals surface area (Å²) in [7, 11) is 0. The molecule has 3 amide bonds. The highest BCUT2D eigenvalue weighted by atomic mass is 35.5. The van der Waals surface area contributed by atoms with Gasteiger partial charge < -0.3 is 10.1 Å². The van der Waals surface area contributed by atoms with Crippen molar-refractivity contribution in [2.75, 3.05) is 11.9 Å². The summed E-state index contributed by atoms with van der Waals surface area (Å²) in [4.78, 5) is 53.5. The van der Waals surface area contributed by atoms with Crippen LogP contribution in [0.25, 0.3) is 0 Å². The molecule has 182 valence electrons. The molecule has 3 aliphatic rings. The van der Waals surface area contributed by atoms with Crippen LogP contribution in [0.1, 0.15) is 24.8 Å². The topological polar surface area (TPSA) is 92.8 Å². The Hall–Kier alpha value is -2.90. The Bertz CT molecular complexity index is 1160. The van der Waals surface area contributed by atoms with Gasteiger partial charge in [0.1, 0.15) is 6.04 Å². The van der Waals surface area contributed by atoms with Crippen LogP contribution in [0.15, 0.2) is 48.5 Å². The lowest BCUT2D eigenvalue weighted by Gasteiger charge is -2.26. The lowest BCUT2D eigenvalue weighted by atomic mass is 9.81. The van der Waals surface area contributed by atoms with E-state index < -0.39 is 24.5 Å². The number of imide groups is 1. The van der Waals surface area contributed by atoms with Gasteiger partial charge in [-0.1, -0.05) is 59.6 Å². The van der Waals surface area contributed by atoms with Crippen LogP contribution in [0.2, 0.25) is 10.0 Å². The molecule has 1 N–H and O–H groups in total. The number of carbonyl (C=O) groups is 4. The molecular formula is C26H24Cl2N2O5. The molecule has 7 nitrogen and oxygen atoms in total. The summed E-state index contributed by atoms with van der Waals surface area (Å²) in [6.07, 6.45) is 2.91. The molecule has 0 aromatic heterocycles. The first-order valence-electron chi connectivity index (χ1n) is 11.7. The first-order chi connectivity index (χ1) is 16.8. The second-order valence-corrected chi connectivity index (χ2v) is 10.2. The zero-order chi connectivity index (χ0) is 24.7. The summed E-state index contributed by atoms with van der Waals surface area (Å²) in [5, 5.41) is 3.00. The molecule has 1 saturated heterocycles. The summed E-state index contributed by atoms with van der Waals surface area (Å²) < 4.78 is 5.31. The Labute approximate surface area is 212 Å². The largest absolute Gasteiger partial charge is 0.454 e. The lowest BCUT2D eigenvalue weighted by Crippen LogP contribution is -2.48. The third-order valence-corrected chi connectivity index (χ3v) is 8.21. The van der Waals surface area contributed by atoms with E-state index in [2.05, 4.69) is 5.32 Å². The van der Waals surface area contributed by atoms with E-state index in [0.717, 1.165) is 29.7 Å². The van der Waals surface area contributed by atoms with Crippen LogP contribution in [-0.2, 0) is 30.3 Å². The van der Waals surface area contributed by atoms with E-state index >= 15 is 0 Å². The van der Waals surface area contributed by atoms with Crippen molar-refractivity contribution in [3.63, 3.8) is 0 Å². The molecule has 2 saturated carbocycles. The summed E-state index contributed by atoms with van der Waals surface area (Å²) in [5.74, 6) is -2.28. The fraction of sp³-hybridized carbons (Fsp3) is 0.385. The van der Waals surface area contributed by atoms with E-state index in [1.807, 2.05) is 30.3 Å². The standard InChI is InChI=1S/C26H24Cl2N2O5/c27-17-7-4-8-18(23(17)28)29-20(31)13-35-26(34)19(11-14-5-2-1-3-6-14)30-24(32)21-15-9-10-16(12-15)22(21)25(30)33/h1-8,15-16,19,21-22H,9-13H2,(H,29,31)/t15-,16-,19-,21-,22+/m0/s1. The van der Waals surface area contributed by atoms with Gasteiger partial charge in [0.15, 0.2) is 6.61 Å². The van der Waals surface area contributed by atoms with Crippen molar-refractivity contribution in [3.05, 3.63) is 64.1 Å². The van der Waals surface area contributed by atoms with Gasteiger partial charge in [0.25, 0.3) is 5.91 Å². The number of rotatable bonds is 7. The average molecular weight is 515 g/mol. The second kappa shape index (κ2) is 9.63. The molecule has 0 radical (unpaired) electrons. The van der Waals surface area contributed by atoms with E-state index in [1.165, 1.54) is 0 Å². The highest BCUT2D eigenvalue weighted by Crippen LogP contribution is 2.56. The number of halogens is 2. The van der Waals surface area contributed by atoms with Crippen molar-refractivity contribution in [1.29, 1.82) is 0 Å². The predicted octanol–water partition coefficient (Wildman–Crippen LogP) is 4.12. The van der Waals surface area contributed by atoms with Gasteiger partial charge in [0, 0.05) is 6.42 Å². The smallest absolute Gasteiger partial charge is 0.330 e. The molecule has 0 unspecified atom stereocenters. The van der Waals surface area contributed by atoms with E-state index in [-0.39, 0.29) is 57.6 Å². The molecule has 0 spiro atoms. The minimum absolute atomic E-state index is 0.119. The van der Waals surface area contributed by atoms with E-state index in [1.54, 1.807) is 18.2 Å². The highest BCUT2D eigenvalue weighted by Gasteiger charge is 2.62. The molecule has 2 aliphatic carbocycles. The van der Waals surface area contributed by atoms with Crippen LogP contribution in [0.4, 0.5) is 5.69 Å². The molecule has 3 fully saturated rings. The Morgan fingerprint density at radius 2 is 1.63 bits per heavy atom. The summed E-state index contributed by atoms with van der Waals surface area (Å²) in [6.45, 7) is -0.596. The second-order valence-electron chi connectivity index (χ2n) is 9.39. The van der Waals surface area contributed by atoms with E-state index in [0.29, 0.717) is 0 Å². The van der Waals surface area contributed by atoms with Crippen molar-refractivity contribution >= 4 is 52.6 Å². The van der Waals surface area contributed by atoms with Gasteiger partial charge in [-0.05, 0) is 48.8 Å². The Morgan fingerprint density at radius 1 is 0.971 bits per heavy atom. The lowest BCUT2D eigenvalue weighted by molar-refractivity contribution is -0.160. The monoisotopic (exact) mass is 514 g/mol. The van der Waals surface area contributed by atoms with Gasteiger partial charge in [-0.25, -0.2) is 4.79 Å². The van der Waals surface area contributed by atoms with Gasteiger partial charge in [0.05, 0.1) is 27.6 Å². The Morgan fingerprint density at radius 3 is 2.29 bits per heavy atom. The molecule has 1 aliphatic heterocycles. The summed E-state index contributed by atoms with van der Waals surface area (Å²) >= 11 is 12.1. The molecule has 35 heavy (non-hydrogen) atoms. The summed E-state index contributed by atoms with van der Waals surface area (Å²) in [6, 6.07) is 12.8. The number of esters is 1. The molecule has 9 heteroatoms. The van der Waals surface area contributed by atoms with Crippen LogP contribution in [0.3, 0.4) is 0 Å². The number of nitrogens with one attached hydrogen (secondary N) is 1. The third-order valence-electron chi connectivity index (χ3n) is 7.39. The van der Waals surface area contributed by atoms with Crippen LogP contribution < -0.4 is 5.32 Å². The third kappa shape index (κ3) is 4.43. The van der Waals surface area contributed by atoms with Crippen LogP contribution in [-0.4, -0.2) is 41.2 Å². The number of amides is 3. The van der Waals surface area contributed by atoms with Crippen LogP contribution >= 0.6 is 23.2 Å². The van der Waals surface area contributed by atoms with Gasteiger partial charge in [-0.15, -0.1) is 0 Å². The van der Waals surface area contributed by atoms with Crippen molar-refractivity contribution < 1.29 is 23.9 Å². The van der Waals surface area contributed by atoms with Crippen LogP contribution in [0, 0.1) is 23.7 Å². The number of nitrogens with zero attached hydrogens (tertiary/aromatic N) is 1. The molecule has 2 aromatic rings. The number of fused-ring (bicyclic) bond motifs is 5. The SMILES string of the molecule is O=C(COC(=O)[C@H](Cc1ccccc1)N1C(=O)[C@@H]2[C@H]3CC[C@@H](C3)[C@@H]2C1=O)Nc1cccc(Cl)c1Cl. The number of anilines is 1. The number of hydrogen-bond acceptors (Lipinski definition) is 5. The number of carbonyl (C=O) groups excluding carboxylic acids is 4. The number of benzene rings is 2. The first kappa shape index (κ1) is 23.8. The highest BCUT2D eigenvalue weighted by molar-refractivity contribution is 6.44. The van der Waals surface area contributed by atoms with Gasteiger partial charge in [-0.2, -0.15) is 0 Å². The van der Waals surface area contributed by atoms with Gasteiger partial charge >= 0.3 is 5.97 Å². The number of likely N-dealkylation sites (tertiary alicyclic amines) is 1. The van der Waals surface area contributed by atoms with Crippen molar-refractivity contribution in [2.45, 2.75) is 31.7 Å². The van der Waals surface area contributed by atoms with Crippen molar-refractivity contribution in [1.82, 2.24) is 4.90 Å². The Balaban J connectivity index is 1.32. The number of hydrogen-bond donors (Lipinski definition) is 1. The maximum absolute atomic E-state index is 13.4. The maximum atomic E-state index is 13.4. The fourth-order valence-corrected chi connectivity index (χ4v) is 6.22. The fourth-order valence-electron chi connectivity index (χ4n) is 5.88. The number of ether oxygens (including phenoxy) is 1. The Kier molecular flexibility index (Phi) is 6.55. The zero-order valence-corrected chi connectivity index (χ0v) is 20.3. The molecule has 5 rings (SSSR count). The molecular weight excluding hydrogens is 491 g/mol. The molecule has 2 aromatic carbocycles. The quantitative estimate of drug-likeness (QED) is 0.443. The van der Waals surface area contributed by atoms with Gasteiger partial charge in [-0.3, -0.25) is 19.3 Å². The van der Waals surface area contributed by atoms with Gasteiger partial charge in [0.2, 0.25) is 11.8 Å². The van der Waals surface area contributed by atoms with Crippen molar-refractivity contribution in [3.8, 4) is 0 Å². The van der Waals surface area contributed by atoms with Crippen LogP contribution in [0.5, 0.6) is 0 Å². The van der Waals surface area contributed by atoms with E-state index in [4.69, 9.17) is 27.9 Å². The first-order valence-corrected chi connectivity index (χ1v) is 12.4. The average Bonchev–Trinajstić information content (AvgIpc) is 3.53. The molecule has 5 atom stereocenters. The maximum Gasteiger partial charge on any atom is 0.330 e. The minimum atomic E-state index is -1.13. The zero-order valence-electron chi connectivity index (χ0n) is 18.8. The minimum Gasteiger partial charge on any atom is -0.454 e. The molecule has 1 heterocycles. The molecule has 2 bridgehead atoms. The van der Waals surface area contributed by atoms with E-state index in [9.17, 15) is 19.2 Å².